The molecule has 0 radical (unpaired) electrons. The van der Waals surface area contributed by atoms with Gasteiger partial charge in [0.1, 0.15) is 11.9 Å². The first kappa shape index (κ1) is 31.0. The molecule has 0 spiro atoms. The van der Waals surface area contributed by atoms with Crippen LogP contribution in [-0.2, 0) is 9.47 Å². The van der Waals surface area contributed by atoms with Crippen LogP contribution in [0.3, 0.4) is 0 Å². The Morgan fingerprint density at radius 3 is 2.13 bits per heavy atom. The fourth-order valence-electron chi connectivity index (χ4n) is 11.3. The van der Waals surface area contributed by atoms with E-state index in [1.165, 1.54) is 59.9 Å². The molecule has 2 heteroatoms. The second-order valence-corrected chi connectivity index (χ2v) is 16.5. The molecule has 12 rings (SSSR count). The summed E-state index contributed by atoms with van der Waals surface area (Å²) in [6, 6.07) is 28.5. The molecule has 262 valence electrons. The zero-order valence-corrected chi connectivity index (χ0v) is 30.2. The fraction of sp³-hybridized carbons (Fsp3) is 0.231. The Bertz CT molecular complexity index is 2670. The van der Waals surface area contributed by atoms with Gasteiger partial charge in [0.15, 0.2) is 0 Å². The van der Waals surface area contributed by atoms with Crippen LogP contribution in [-0.4, -0.2) is 18.3 Å². The van der Waals surface area contributed by atoms with Crippen LogP contribution in [0.1, 0.15) is 18.4 Å². The number of fused-ring (bicyclic) bond motifs is 9. The van der Waals surface area contributed by atoms with E-state index in [1.54, 1.807) is 0 Å². The van der Waals surface area contributed by atoms with Crippen LogP contribution < -0.4 is 20.9 Å². The van der Waals surface area contributed by atoms with Crippen molar-refractivity contribution in [3.05, 3.63) is 206 Å². The highest BCUT2D eigenvalue weighted by Crippen LogP contribution is 2.57. The van der Waals surface area contributed by atoms with Gasteiger partial charge in [0.25, 0.3) is 0 Å². The summed E-state index contributed by atoms with van der Waals surface area (Å²) in [7, 11) is 0. The van der Waals surface area contributed by atoms with E-state index in [2.05, 4.69) is 170 Å². The van der Waals surface area contributed by atoms with Crippen molar-refractivity contribution in [2.45, 2.75) is 31.2 Å². The van der Waals surface area contributed by atoms with E-state index in [4.69, 9.17) is 9.47 Å². The molecular formula is C52H42O2. The highest BCUT2D eigenvalue weighted by molar-refractivity contribution is 5.76. The maximum atomic E-state index is 6.73. The van der Waals surface area contributed by atoms with Gasteiger partial charge in [0.2, 0.25) is 0 Å². The van der Waals surface area contributed by atoms with E-state index in [1.807, 2.05) is 0 Å². The molecule has 3 aromatic carbocycles. The quantitative estimate of drug-likeness (QED) is 0.281. The summed E-state index contributed by atoms with van der Waals surface area (Å²) in [4.78, 5) is 0. The molecule has 0 bridgehead atoms. The third-order valence-electron chi connectivity index (χ3n) is 13.7. The van der Waals surface area contributed by atoms with Crippen LogP contribution >= 0.6 is 0 Å². The number of hydrogen-bond donors (Lipinski definition) is 0. The molecule has 2 heterocycles. The Morgan fingerprint density at radius 1 is 0.574 bits per heavy atom. The Morgan fingerprint density at radius 2 is 1.31 bits per heavy atom. The molecule has 2 aliphatic heterocycles. The summed E-state index contributed by atoms with van der Waals surface area (Å²) < 4.78 is 13.4. The summed E-state index contributed by atoms with van der Waals surface area (Å²) in [6.45, 7) is 0. The van der Waals surface area contributed by atoms with Crippen LogP contribution in [0.5, 0.6) is 0 Å². The van der Waals surface area contributed by atoms with Gasteiger partial charge in [-0.2, -0.15) is 0 Å². The predicted octanol–water partition coefficient (Wildman–Crippen LogP) is 7.58. The normalized spacial score (nSPS) is 34.3. The van der Waals surface area contributed by atoms with Crippen LogP contribution in [0.4, 0.5) is 0 Å². The SMILES string of the molecule is C1=CC2=C(C3=CCC4OC5C=c6ccccc6=CC5C4=C3)C3C=CC(c4ccccc4)=CC3C(C3C=CC4=C(C3)C3C=c5ccccc5=CC3O4)C2C=C1. The van der Waals surface area contributed by atoms with Crippen molar-refractivity contribution in [3.63, 3.8) is 0 Å². The van der Waals surface area contributed by atoms with Crippen LogP contribution in [0.25, 0.3) is 29.9 Å². The Labute approximate surface area is 316 Å². The predicted molar refractivity (Wildman–Crippen MR) is 218 cm³/mol. The van der Waals surface area contributed by atoms with Crippen molar-refractivity contribution in [2.24, 2.45) is 41.4 Å². The second kappa shape index (κ2) is 12.0. The number of rotatable bonds is 3. The van der Waals surface area contributed by atoms with E-state index in [0.717, 1.165) is 18.6 Å². The number of allylic oxidation sites excluding steroid dienone is 14. The van der Waals surface area contributed by atoms with Gasteiger partial charge in [-0.15, -0.1) is 0 Å². The molecular weight excluding hydrogens is 657 g/mol. The van der Waals surface area contributed by atoms with Crippen molar-refractivity contribution in [2.75, 3.05) is 0 Å². The Hall–Kier alpha value is -5.44. The van der Waals surface area contributed by atoms with Crippen molar-refractivity contribution in [3.8, 4) is 0 Å². The molecule has 10 atom stereocenters. The first-order valence-electron chi connectivity index (χ1n) is 20.0. The summed E-state index contributed by atoms with van der Waals surface area (Å²) in [6.07, 6.45) is 38.9. The maximum absolute atomic E-state index is 6.73. The summed E-state index contributed by atoms with van der Waals surface area (Å²) >= 11 is 0. The molecule has 54 heavy (non-hydrogen) atoms. The lowest BCUT2D eigenvalue weighted by Crippen LogP contribution is -2.41. The summed E-state index contributed by atoms with van der Waals surface area (Å²) in [5, 5.41) is 5.22. The van der Waals surface area contributed by atoms with Crippen molar-refractivity contribution in [1.29, 1.82) is 0 Å². The first-order valence-corrected chi connectivity index (χ1v) is 20.0. The van der Waals surface area contributed by atoms with Crippen molar-refractivity contribution in [1.82, 2.24) is 0 Å². The number of benzene rings is 3. The average Bonchev–Trinajstić information content (AvgIpc) is 3.77. The van der Waals surface area contributed by atoms with E-state index in [9.17, 15) is 0 Å². The lowest BCUT2D eigenvalue weighted by molar-refractivity contribution is 0.0841. The number of ether oxygens (including phenoxy) is 2. The van der Waals surface area contributed by atoms with Crippen LogP contribution in [0.15, 0.2) is 179 Å². The van der Waals surface area contributed by atoms with Crippen LogP contribution in [0.2, 0.25) is 0 Å². The molecule has 9 aliphatic rings. The second-order valence-electron chi connectivity index (χ2n) is 16.5. The molecule has 7 aliphatic carbocycles. The monoisotopic (exact) mass is 698 g/mol. The van der Waals surface area contributed by atoms with Gasteiger partial charge in [0.05, 0.1) is 12.2 Å². The fourth-order valence-corrected chi connectivity index (χ4v) is 11.3. The van der Waals surface area contributed by atoms with Gasteiger partial charge in [-0.3, -0.25) is 0 Å². The lowest BCUT2D eigenvalue weighted by Gasteiger charge is -2.48. The molecule has 0 aromatic heterocycles. The lowest BCUT2D eigenvalue weighted by atomic mass is 9.55. The zero-order valence-electron chi connectivity index (χ0n) is 30.2. The largest absolute Gasteiger partial charge is 0.485 e. The average molecular weight is 699 g/mol. The van der Waals surface area contributed by atoms with Gasteiger partial charge < -0.3 is 9.47 Å². The highest BCUT2D eigenvalue weighted by atomic mass is 16.5. The summed E-state index contributed by atoms with van der Waals surface area (Å²) in [5.74, 6) is 3.40. The standard InChI is InChI=1S/C52H42O2/c1-2-10-31(11-3-1)36-18-21-41-46(26-36)52(38-20-23-48-43(28-38)45-25-33-13-5-7-15-35(33)30-50(45)54-48)40-17-9-8-16-39(40)51(41)37-19-22-47-42(27-37)44-24-32-12-4-6-14-34(32)29-49(44)53-47/h1-21,23-27,29-30,38,40-41,44-47,49-50,52H,22,28H2. The Balaban J connectivity index is 0.959. The third kappa shape index (κ3) is 4.76. The molecule has 1 fully saturated rings. The summed E-state index contributed by atoms with van der Waals surface area (Å²) in [5.41, 5.74) is 9.94. The third-order valence-corrected chi connectivity index (χ3v) is 13.7. The van der Waals surface area contributed by atoms with Gasteiger partial charge in [0, 0.05) is 23.7 Å². The zero-order chi connectivity index (χ0) is 35.3. The van der Waals surface area contributed by atoms with Gasteiger partial charge in [-0.25, -0.2) is 0 Å². The van der Waals surface area contributed by atoms with Crippen LogP contribution in [0, 0.1) is 41.4 Å². The molecule has 1 saturated heterocycles. The highest BCUT2D eigenvalue weighted by Gasteiger charge is 2.49. The maximum Gasteiger partial charge on any atom is 0.128 e. The van der Waals surface area contributed by atoms with Crippen molar-refractivity contribution >= 4 is 29.9 Å². The topological polar surface area (TPSA) is 18.5 Å². The van der Waals surface area contributed by atoms with Crippen molar-refractivity contribution < 1.29 is 9.47 Å². The molecule has 2 nitrogen and oxygen atoms in total. The smallest absolute Gasteiger partial charge is 0.128 e. The van der Waals surface area contributed by atoms with E-state index < -0.39 is 0 Å². The van der Waals surface area contributed by atoms with E-state index in [0.29, 0.717) is 29.6 Å². The number of hydrogen-bond acceptors (Lipinski definition) is 2. The minimum atomic E-state index is 0.0796. The van der Waals surface area contributed by atoms with E-state index in [-0.39, 0.29) is 30.1 Å². The first-order chi connectivity index (χ1) is 26.7. The minimum Gasteiger partial charge on any atom is -0.485 e. The molecule has 0 saturated carbocycles. The molecule has 3 aromatic rings. The van der Waals surface area contributed by atoms with Gasteiger partial charge in [-0.1, -0.05) is 152 Å². The Kier molecular flexibility index (Phi) is 6.90. The molecule has 10 unspecified atom stereocenters. The van der Waals surface area contributed by atoms with Gasteiger partial charge in [-0.05, 0) is 109 Å². The van der Waals surface area contributed by atoms with Gasteiger partial charge >= 0.3 is 0 Å². The molecule has 0 N–H and O–H groups in total. The molecule has 0 amide bonds. The minimum absolute atomic E-state index is 0.0796. The van der Waals surface area contributed by atoms with E-state index >= 15 is 0 Å².